The van der Waals surface area contributed by atoms with Gasteiger partial charge in [0, 0.05) is 0 Å². The Hall–Kier alpha value is -1.48. The number of ether oxygens (including phenoxy) is 2. The van der Waals surface area contributed by atoms with Gasteiger partial charge in [-0.15, -0.1) is 0 Å². The fourth-order valence-corrected chi connectivity index (χ4v) is 1.90. The van der Waals surface area contributed by atoms with Crippen LogP contribution in [-0.4, -0.2) is 32.9 Å². The minimum Gasteiger partial charge on any atom is -0.497 e. The maximum absolute atomic E-state index is 11.9. The van der Waals surface area contributed by atoms with E-state index >= 15 is 0 Å². The Bertz CT molecular complexity index is 493. The van der Waals surface area contributed by atoms with Crippen molar-refractivity contribution in [2.75, 3.05) is 20.8 Å². The van der Waals surface area contributed by atoms with E-state index in [0.29, 0.717) is 10.2 Å². The molecule has 0 saturated carbocycles. The number of methoxy groups -OCH3 is 2. The minimum absolute atomic E-state index is 0.0269. The molecule has 20 heavy (non-hydrogen) atoms. The van der Waals surface area contributed by atoms with Crippen LogP contribution < -0.4 is 15.0 Å². The Kier molecular flexibility index (Phi) is 5.63. The minimum atomic E-state index is -4.54. The van der Waals surface area contributed by atoms with Crippen LogP contribution >= 0.6 is 15.9 Å². The van der Waals surface area contributed by atoms with E-state index in [-0.39, 0.29) is 11.3 Å². The summed E-state index contributed by atoms with van der Waals surface area (Å²) in [6.45, 7) is -1.59. The second-order valence-corrected chi connectivity index (χ2v) is 4.38. The molecule has 0 aliphatic carbocycles. The topological polar surface area (TPSA) is 56.8 Å². The molecule has 0 atom stereocenters. The maximum Gasteiger partial charge on any atom is 0.414 e. The highest BCUT2D eigenvalue weighted by Crippen LogP contribution is 2.33. The van der Waals surface area contributed by atoms with Crippen molar-refractivity contribution in [3.8, 4) is 11.5 Å². The summed E-state index contributed by atoms with van der Waals surface area (Å²) in [5.41, 5.74) is 1.67. The van der Waals surface area contributed by atoms with Gasteiger partial charge in [-0.2, -0.15) is 13.2 Å². The highest BCUT2D eigenvalue weighted by molar-refractivity contribution is 9.10. The largest absolute Gasteiger partial charge is 0.497 e. The monoisotopic (exact) mass is 357 g/mol. The number of rotatable bonds is 5. The molecule has 0 aliphatic heterocycles. The molecule has 0 unspecified atom stereocenters. The molecular formula is C11H11BrF3NO4. The normalized spacial score (nSPS) is 11.1. The Morgan fingerprint density at radius 1 is 1.30 bits per heavy atom. The molecule has 1 N–H and O–H groups in total. The average molecular weight is 358 g/mol. The van der Waals surface area contributed by atoms with Gasteiger partial charge in [-0.05, 0) is 28.1 Å². The fraction of sp³-hybridized carbons (Fsp3) is 0.364. The second-order valence-electron chi connectivity index (χ2n) is 3.53. The number of hydrogen-bond donors (Lipinski definition) is 1. The Labute approximate surface area is 121 Å². The van der Waals surface area contributed by atoms with Gasteiger partial charge in [0.15, 0.2) is 6.61 Å². The summed E-state index contributed by atoms with van der Waals surface area (Å²) in [7, 11) is 2.70. The summed E-state index contributed by atoms with van der Waals surface area (Å²) < 4.78 is 46.1. The van der Waals surface area contributed by atoms with Crippen LogP contribution in [0.2, 0.25) is 0 Å². The average Bonchev–Trinajstić information content (AvgIpc) is 2.35. The molecule has 0 aliphatic rings. The van der Waals surface area contributed by atoms with E-state index in [4.69, 9.17) is 9.47 Å². The Morgan fingerprint density at radius 3 is 2.45 bits per heavy atom. The quantitative estimate of drug-likeness (QED) is 0.823. The molecular weight excluding hydrogens is 347 g/mol. The van der Waals surface area contributed by atoms with Gasteiger partial charge in [0.25, 0.3) is 5.91 Å². The lowest BCUT2D eigenvalue weighted by atomic mass is 10.2. The first-order valence-electron chi connectivity index (χ1n) is 5.19. The molecule has 1 rings (SSSR count). The standard InChI is InChI=1S/C11H11BrF3NO4/c1-18-6-3-7(9(19-2)8(12)4-6)10(17)16-20-5-11(13,14)15/h3-4H,5H2,1-2H3,(H,16,17). The first kappa shape index (κ1) is 16.6. The molecule has 0 aromatic heterocycles. The number of alkyl halides is 3. The zero-order valence-electron chi connectivity index (χ0n) is 10.5. The molecule has 0 heterocycles. The smallest absolute Gasteiger partial charge is 0.414 e. The third-order valence-corrected chi connectivity index (χ3v) is 2.69. The summed E-state index contributed by atoms with van der Waals surface area (Å²) in [5.74, 6) is -0.400. The molecule has 1 amide bonds. The van der Waals surface area contributed by atoms with E-state index in [1.165, 1.54) is 20.3 Å². The van der Waals surface area contributed by atoms with Crippen molar-refractivity contribution in [2.45, 2.75) is 6.18 Å². The molecule has 9 heteroatoms. The molecule has 0 fully saturated rings. The maximum atomic E-state index is 11.9. The van der Waals surface area contributed by atoms with Crippen molar-refractivity contribution in [3.63, 3.8) is 0 Å². The molecule has 5 nitrogen and oxygen atoms in total. The van der Waals surface area contributed by atoms with E-state index in [9.17, 15) is 18.0 Å². The van der Waals surface area contributed by atoms with Crippen LogP contribution in [0.15, 0.2) is 16.6 Å². The summed E-state index contributed by atoms with van der Waals surface area (Å²) in [4.78, 5) is 15.9. The highest BCUT2D eigenvalue weighted by atomic mass is 79.9. The van der Waals surface area contributed by atoms with Gasteiger partial charge in [-0.3, -0.25) is 9.63 Å². The number of benzene rings is 1. The van der Waals surface area contributed by atoms with Crippen LogP contribution in [0.5, 0.6) is 11.5 Å². The van der Waals surface area contributed by atoms with Crippen LogP contribution in [0.4, 0.5) is 13.2 Å². The predicted octanol–water partition coefficient (Wildman–Crippen LogP) is 2.69. The third-order valence-electron chi connectivity index (χ3n) is 2.10. The lowest BCUT2D eigenvalue weighted by Crippen LogP contribution is -2.29. The number of carbonyl (C=O) groups excluding carboxylic acids is 1. The SMILES string of the molecule is COc1cc(Br)c(OC)c(C(=O)NOCC(F)(F)F)c1. The van der Waals surface area contributed by atoms with Crippen molar-refractivity contribution in [2.24, 2.45) is 0 Å². The highest BCUT2D eigenvalue weighted by Gasteiger charge is 2.28. The van der Waals surface area contributed by atoms with Crippen LogP contribution in [0.3, 0.4) is 0 Å². The van der Waals surface area contributed by atoms with Crippen molar-refractivity contribution in [1.82, 2.24) is 5.48 Å². The molecule has 112 valence electrons. The zero-order chi connectivity index (χ0) is 15.3. The Balaban J connectivity index is 2.88. The van der Waals surface area contributed by atoms with E-state index in [0.717, 1.165) is 0 Å². The molecule has 0 saturated heterocycles. The number of halogens is 4. The Morgan fingerprint density at radius 2 is 1.95 bits per heavy atom. The van der Waals surface area contributed by atoms with Crippen molar-refractivity contribution in [1.29, 1.82) is 0 Å². The first-order valence-corrected chi connectivity index (χ1v) is 5.98. The number of amides is 1. The second kappa shape index (κ2) is 6.80. The predicted molar refractivity (Wildman–Crippen MR) is 66.7 cm³/mol. The van der Waals surface area contributed by atoms with Gasteiger partial charge in [0.2, 0.25) is 0 Å². The summed E-state index contributed by atoms with van der Waals surface area (Å²) in [6, 6.07) is 2.86. The number of hydroxylamine groups is 1. The van der Waals surface area contributed by atoms with E-state index < -0.39 is 18.7 Å². The van der Waals surface area contributed by atoms with E-state index in [1.54, 1.807) is 11.5 Å². The number of carbonyl (C=O) groups is 1. The van der Waals surface area contributed by atoms with Gasteiger partial charge in [0.05, 0.1) is 24.3 Å². The lowest BCUT2D eigenvalue weighted by Gasteiger charge is -2.13. The summed E-state index contributed by atoms with van der Waals surface area (Å²) >= 11 is 3.16. The van der Waals surface area contributed by atoms with Gasteiger partial charge in [0.1, 0.15) is 11.5 Å². The van der Waals surface area contributed by atoms with Crippen LogP contribution in [0.25, 0.3) is 0 Å². The van der Waals surface area contributed by atoms with Crippen LogP contribution in [-0.2, 0) is 4.84 Å². The number of hydrogen-bond acceptors (Lipinski definition) is 4. The van der Waals surface area contributed by atoms with Crippen molar-refractivity contribution < 1.29 is 32.3 Å². The summed E-state index contributed by atoms with van der Waals surface area (Å²) in [6.07, 6.45) is -4.54. The van der Waals surface area contributed by atoms with E-state index in [1.807, 2.05) is 0 Å². The first-order chi connectivity index (χ1) is 9.28. The molecule has 1 aromatic carbocycles. The zero-order valence-corrected chi connectivity index (χ0v) is 12.1. The molecule has 0 radical (unpaired) electrons. The molecule has 0 bridgehead atoms. The van der Waals surface area contributed by atoms with Crippen LogP contribution in [0.1, 0.15) is 10.4 Å². The third kappa shape index (κ3) is 4.57. The van der Waals surface area contributed by atoms with Crippen molar-refractivity contribution >= 4 is 21.8 Å². The summed E-state index contributed by atoms with van der Waals surface area (Å²) in [5, 5.41) is 0. The molecule has 1 aromatic rings. The van der Waals surface area contributed by atoms with Gasteiger partial charge < -0.3 is 9.47 Å². The lowest BCUT2D eigenvalue weighted by molar-refractivity contribution is -0.184. The van der Waals surface area contributed by atoms with Gasteiger partial charge in [-0.25, -0.2) is 5.48 Å². The number of nitrogens with one attached hydrogen (secondary N) is 1. The molecule has 0 spiro atoms. The van der Waals surface area contributed by atoms with Crippen LogP contribution in [0, 0.1) is 0 Å². The van der Waals surface area contributed by atoms with Crippen molar-refractivity contribution in [3.05, 3.63) is 22.2 Å². The van der Waals surface area contributed by atoms with Gasteiger partial charge >= 0.3 is 6.18 Å². The van der Waals surface area contributed by atoms with Gasteiger partial charge in [-0.1, -0.05) is 0 Å². The van der Waals surface area contributed by atoms with E-state index in [2.05, 4.69) is 20.8 Å². The fourth-order valence-electron chi connectivity index (χ4n) is 1.30.